The van der Waals surface area contributed by atoms with E-state index in [0.717, 1.165) is 0 Å². The van der Waals surface area contributed by atoms with E-state index < -0.39 is 34.0 Å². The molecule has 0 aromatic carbocycles. The van der Waals surface area contributed by atoms with Gasteiger partial charge in [0.1, 0.15) is 12.1 Å². The van der Waals surface area contributed by atoms with Gasteiger partial charge in [0.05, 0.1) is 5.75 Å². The van der Waals surface area contributed by atoms with Gasteiger partial charge in [0.2, 0.25) is 15.9 Å². The highest BCUT2D eigenvalue weighted by atomic mass is 32.2. The van der Waals surface area contributed by atoms with E-state index in [1.165, 1.54) is 24.8 Å². The van der Waals surface area contributed by atoms with E-state index in [2.05, 4.69) is 16.6 Å². The van der Waals surface area contributed by atoms with Gasteiger partial charge in [-0.1, -0.05) is 6.08 Å². The van der Waals surface area contributed by atoms with Crippen molar-refractivity contribution >= 4 is 33.7 Å². The maximum atomic E-state index is 12.1. The van der Waals surface area contributed by atoms with Crippen molar-refractivity contribution in [3.05, 3.63) is 12.7 Å². The van der Waals surface area contributed by atoms with Crippen molar-refractivity contribution < 1.29 is 23.1 Å². The summed E-state index contributed by atoms with van der Waals surface area (Å²) in [6.45, 7) is 4.89. The molecule has 0 bridgehead atoms. The SMILES string of the molecule is C=CCC(NC(=O)C(CCSC)NS(=O)(=O)CC)C(=O)O. The van der Waals surface area contributed by atoms with Gasteiger partial charge < -0.3 is 10.4 Å². The van der Waals surface area contributed by atoms with Crippen LogP contribution in [0, 0.1) is 0 Å². The van der Waals surface area contributed by atoms with Gasteiger partial charge in [-0.15, -0.1) is 6.58 Å². The summed E-state index contributed by atoms with van der Waals surface area (Å²) in [6, 6.07) is -2.09. The van der Waals surface area contributed by atoms with Crippen molar-refractivity contribution in [2.45, 2.75) is 31.8 Å². The molecule has 0 aliphatic rings. The zero-order valence-corrected chi connectivity index (χ0v) is 13.8. The highest BCUT2D eigenvalue weighted by Crippen LogP contribution is 2.04. The predicted octanol–water partition coefficient (Wildman–Crippen LogP) is 0.193. The number of carboxylic acid groups (broad SMARTS) is 1. The van der Waals surface area contributed by atoms with Crippen molar-refractivity contribution in [3.63, 3.8) is 0 Å². The monoisotopic (exact) mass is 338 g/mol. The quantitative estimate of drug-likeness (QED) is 0.464. The highest BCUT2D eigenvalue weighted by molar-refractivity contribution is 7.98. The van der Waals surface area contributed by atoms with Crippen molar-refractivity contribution in [3.8, 4) is 0 Å². The second kappa shape index (κ2) is 9.80. The second-order valence-corrected chi connectivity index (χ2v) is 7.31. The molecule has 0 radical (unpaired) electrons. The van der Waals surface area contributed by atoms with Crippen LogP contribution >= 0.6 is 11.8 Å². The average Bonchev–Trinajstić information content (AvgIpc) is 2.42. The summed E-state index contributed by atoms with van der Waals surface area (Å²) in [7, 11) is -3.55. The van der Waals surface area contributed by atoms with Gasteiger partial charge in [0.15, 0.2) is 0 Å². The summed E-state index contributed by atoms with van der Waals surface area (Å²) in [5.74, 6) is -1.41. The van der Waals surface area contributed by atoms with Crippen LogP contribution in [0.1, 0.15) is 19.8 Å². The number of hydrogen-bond acceptors (Lipinski definition) is 5. The summed E-state index contributed by atoms with van der Waals surface area (Å²) < 4.78 is 25.5. The van der Waals surface area contributed by atoms with E-state index >= 15 is 0 Å². The molecular formula is C12H22N2O5S2. The molecule has 0 aliphatic carbocycles. The number of aliphatic carboxylic acids is 1. The van der Waals surface area contributed by atoms with Crippen LogP contribution in [0.3, 0.4) is 0 Å². The lowest BCUT2D eigenvalue weighted by Gasteiger charge is -2.20. The fourth-order valence-electron chi connectivity index (χ4n) is 1.44. The molecule has 9 heteroatoms. The molecule has 0 aromatic rings. The van der Waals surface area contributed by atoms with E-state index in [4.69, 9.17) is 5.11 Å². The Labute approximate surface area is 129 Å². The van der Waals surface area contributed by atoms with Crippen LogP contribution in [0.25, 0.3) is 0 Å². The van der Waals surface area contributed by atoms with Crippen LogP contribution in [-0.2, 0) is 19.6 Å². The maximum absolute atomic E-state index is 12.1. The van der Waals surface area contributed by atoms with Gasteiger partial charge in [-0.3, -0.25) is 4.79 Å². The molecule has 0 fully saturated rings. The first kappa shape index (κ1) is 19.9. The summed E-state index contributed by atoms with van der Waals surface area (Å²) in [4.78, 5) is 23.1. The molecule has 2 atom stereocenters. The van der Waals surface area contributed by atoms with Gasteiger partial charge in [0, 0.05) is 0 Å². The number of thioether (sulfide) groups is 1. The lowest BCUT2D eigenvalue weighted by atomic mass is 10.1. The highest BCUT2D eigenvalue weighted by Gasteiger charge is 2.27. The zero-order chi connectivity index (χ0) is 16.5. The van der Waals surface area contributed by atoms with Crippen LogP contribution in [-0.4, -0.2) is 55.2 Å². The van der Waals surface area contributed by atoms with Crippen molar-refractivity contribution in [1.29, 1.82) is 0 Å². The normalized spacial score (nSPS) is 14.2. The van der Waals surface area contributed by atoms with Crippen LogP contribution < -0.4 is 10.0 Å². The largest absolute Gasteiger partial charge is 0.480 e. The molecule has 0 heterocycles. The number of rotatable bonds is 11. The van der Waals surface area contributed by atoms with E-state index in [9.17, 15) is 18.0 Å². The molecule has 21 heavy (non-hydrogen) atoms. The van der Waals surface area contributed by atoms with Gasteiger partial charge >= 0.3 is 5.97 Å². The summed E-state index contributed by atoms with van der Waals surface area (Å²) in [6.07, 6.45) is 3.57. The van der Waals surface area contributed by atoms with Crippen LogP contribution in [0.5, 0.6) is 0 Å². The average molecular weight is 338 g/mol. The minimum Gasteiger partial charge on any atom is -0.480 e. The minimum atomic E-state index is -3.55. The lowest BCUT2D eigenvalue weighted by molar-refractivity contribution is -0.141. The Hall–Kier alpha value is -1.06. The smallest absolute Gasteiger partial charge is 0.326 e. The van der Waals surface area contributed by atoms with Gasteiger partial charge in [-0.25, -0.2) is 17.9 Å². The first-order chi connectivity index (χ1) is 9.77. The minimum absolute atomic E-state index is 0.0663. The molecule has 0 saturated carbocycles. The molecule has 122 valence electrons. The molecule has 0 saturated heterocycles. The number of sulfonamides is 1. The molecule has 1 amide bonds. The molecule has 7 nitrogen and oxygen atoms in total. The number of carbonyl (C=O) groups excluding carboxylic acids is 1. The predicted molar refractivity (Wildman–Crippen MR) is 83.8 cm³/mol. The summed E-state index contributed by atoms with van der Waals surface area (Å²) in [5, 5.41) is 11.3. The van der Waals surface area contributed by atoms with E-state index in [-0.39, 0.29) is 18.6 Å². The molecule has 2 unspecified atom stereocenters. The van der Waals surface area contributed by atoms with Crippen molar-refractivity contribution in [2.24, 2.45) is 0 Å². The van der Waals surface area contributed by atoms with Gasteiger partial charge in [-0.05, 0) is 31.8 Å². The number of hydrogen-bond donors (Lipinski definition) is 3. The van der Waals surface area contributed by atoms with Crippen LogP contribution in [0.4, 0.5) is 0 Å². The fraction of sp³-hybridized carbons (Fsp3) is 0.667. The van der Waals surface area contributed by atoms with E-state index in [1.54, 1.807) is 0 Å². The number of nitrogens with one attached hydrogen (secondary N) is 2. The first-order valence-electron chi connectivity index (χ1n) is 6.40. The molecule has 0 spiro atoms. The van der Waals surface area contributed by atoms with Crippen molar-refractivity contribution in [1.82, 2.24) is 10.0 Å². The Morgan fingerprint density at radius 2 is 2.00 bits per heavy atom. The Morgan fingerprint density at radius 3 is 2.43 bits per heavy atom. The standard InChI is InChI=1S/C12H22N2O5S2/c1-4-6-10(12(16)17)13-11(15)9(7-8-20-3)14-21(18,19)5-2/h4,9-10,14H,1,5-8H2,2-3H3,(H,13,15)(H,16,17). The Balaban J connectivity index is 4.92. The van der Waals surface area contributed by atoms with Crippen LogP contribution in [0.15, 0.2) is 12.7 Å². The summed E-state index contributed by atoms with van der Waals surface area (Å²) in [5.41, 5.74) is 0. The number of carbonyl (C=O) groups is 2. The topological polar surface area (TPSA) is 113 Å². The summed E-state index contributed by atoms with van der Waals surface area (Å²) >= 11 is 1.47. The molecule has 0 rings (SSSR count). The third-order valence-corrected chi connectivity index (χ3v) is 4.69. The second-order valence-electron chi connectivity index (χ2n) is 4.28. The Morgan fingerprint density at radius 1 is 1.38 bits per heavy atom. The Bertz CT molecular complexity index is 464. The lowest BCUT2D eigenvalue weighted by Crippen LogP contribution is -2.51. The Kier molecular flexibility index (Phi) is 9.31. The maximum Gasteiger partial charge on any atom is 0.326 e. The third-order valence-electron chi connectivity index (χ3n) is 2.65. The first-order valence-corrected chi connectivity index (χ1v) is 9.45. The molecular weight excluding hydrogens is 316 g/mol. The van der Waals surface area contributed by atoms with E-state index in [0.29, 0.717) is 5.75 Å². The van der Waals surface area contributed by atoms with Crippen molar-refractivity contribution in [2.75, 3.05) is 17.8 Å². The van der Waals surface area contributed by atoms with Crippen LogP contribution in [0.2, 0.25) is 0 Å². The molecule has 0 aliphatic heterocycles. The molecule has 3 N–H and O–H groups in total. The number of amides is 1. The third kappa shape index (κ3) is 8.08. The van der Waals surface area contributed by atoms with Gasteiger partial charge in [-0.2, -0.15) is 11.8 Å². The van der Waals surface area contributed by atoms with Gasteiger partial charge in [0.25, 0.3) is 0 Å². The molecule has 0 aromatic heterocycles. The fourth-order valence-corrected chi connectivity index (χ4v) is 2.74. The van der Waals surface area contributed by atoms with E-state index in [1.807, 2.05) is 6.26 Å². The number of carboxylic acids is 1. The zero-order valence-electron chi connectivity index (χ0n) is 12.2.